The van der Waals surface area contributed by atoms with Crippen LogP contribution in [-0.4, -0.2) is 18.1 Å². The number of hydrogen-bond acceptors (Lipinski definition) is 3. The number of hydrogen-bond donors (Lipinski definition) is 1. The van der Waals surface area contributed by atoms with Crippen molar-refractivity contribution in [1.29, 1.82) is 0 Å². The summed E-state index contributed by atoms with van der Waals surface area (Å²) in [6, 6.07) is 4.08. The summed E-state index contributed by atoms with van der Waals surface area (Å²) in [6.45, 7) is 4.94. The van der Waals surface area contributed by atoms with Gasteiger partial charge in [-0.25, -0.2) is 4.98 Å². The highest BCUT2D eigenvalue weighted by atomic mass is 16.5. The number of rotatable bonds is 8. The topological polar surface area (TPSA) is 34.2 Å². The van der Waals surface area contributed by atoms with E-state index in [9.17, 15) is 0 Å². The molecule has 0 saturated heterocycles. The molecule has 1 saturated carbocycles. The zero-order valence-electron chi connectivity index (χ0n) is 10.6. The monoisotopic (exact) mass is 234 g/mol. The Bertz CT molecular complexity index is 337. The molecule has 94 valence electrons. The lowest BCUT2D eigenvalue weighted by atomic mass is 10.2. The van der Waals surface area contributed by atoms with Gasteiger partial charge in [-0.3, -0.25) is 0 Å². The molecular weight excluding hydrogens is 212 g/mol. The second-order valence-corrected chi connectivity index (χ2v) is 4.76. The number of nitrogens with one attached hydrogen (secondary N) is 1. The molecule has 1 aliphatic rings. The minimum Gasteiger partial charge on any atom is -0.478 e. The maximum absolute atomic E-state index is 5.66. The Morgan fingerprint density at radius 1 is 1.47 bits per heavy atom. The van der Waals surface area contributed by atoms with Gasteiger partial charge in [0.15, 0.2) is 0 Å². The number of ether oxygens (including phenoxy) is 1. The van der Waals surface area contributed by atoms with Crippen molar-refractivity contribution in [2.45, 2.75) is 39.2 Å². The average molecular weight is 234 g/mol. The number of pyridine rings is 1. The van der Waals surface area contributed by atoms with Crippen molar-refractivity contribution < 1.29 is 4.74 Å². The van der Waals surface area contributed by atoms with Crippen LogP contribution in [-0.2, 0) is 6.54 Å². The van der Waals surface area contributed by atoms with Crippen LogP contribution in [0.25, 0.3) is 0 Å². The number of nitrogens with zero attached hydrogens (tertiary/aromatic N) is 1. The fourth-order valence-electron chi connectivity index (χ4n) is 1.79. The van der Waals surface area contributed by atoms with E-state index >= 15 is 0 Å². The Balaban J connectivity index is 1.73. The molecule has 3 heteroatoms. The minimum absolute atomic E-state index is 0.765. The van der Waals surface area contributed by atoms with E-state index in [0.29, 0.717) is 0 Å². The zero-order chi connectivity index (χ0) is 11.9. The molecule has 17 heavy (non-hydrogen) atoms. The summed E-state index contributed by atoms with van der Waals surface area (Å²) < 4.78 is 5.66. The number of aromatic nitrogens is 1. The van der Waals surface area contributed by atoms with Gasteiger partial charge in [-0.05, 0) is 36.9 Å². The largest absolute Gasteiger partial charge is 0.478 e. The van der Waals surface area contributed by atoms with Gasteiger partial charge in [0.05, 0.1) is 6.61 Å². The van der Waals surface area contributed by atoms with Crippen LogP contribution in [0.4, 0.5) is 0 Å². The van der Waals surface area contributed by atoms with Gasteiger partial charge in [0, 0.05) is 18.8 Å². The Hall–Kier alpha value is -1.09. The van der Waals surface area contributed by atoms with Crippen LogP contribution in [0.2, 0.25) is 0 Å². The van der Waals surface area contributed by atoms with Gasteiger partial charge in [-0.15, -0.1) is 0 Å². The molecule has 1 aliphatic carbocycles. The molecule has 3 nitrogen and oxygen atoms in total. The predicted molar refractivity (Wildman–Crippen MR) is 69.1 cm³/mol. The van der Waals surface area contributed by atoms with E-state index in [1.807, 2.05) is 18.3 Å². The lowest BCUT2D eigenvalue weighted by Gasteiger charge is -2.07. The lowest BCUT2D eigenvalue weighted by Crippen LogP contribution is -2.13. The molecule has 0 bridgehead atoms. The summed E-state index contributed by atoms with van der Waals surface area (Å²) in [5.41, 5.74) is 1.25. The summed E-state index contributed by atoms with van der Waals surface area (Å²) in [5.74, 6) is 1.69. The van der Waals surface area contributed by atoms with Crippen LogP contribution < -0.4 is 10.1 Å². The molecule has 0 amide bonds. The SMILES string of the molecule is CCCNCc1ccnc(OCCC2CC2)c1. The minimum atomic E-state index is 0.765. The third kappa shape index (κ3) is 4.73. The molecule has 1 aromatic rings. The van der Waals surface area contributed by atoms with Gasteiger partial charge in [0.1, 0.15) is 0 Å². The summed E-state index contributed by atoms with van der Waals surface area (Å²) in [4.78, 5) is 4.23. The van der Waals surface area contributed by atoms with Gasteiger partial charge >= 0.3 is 0 Å². The smallest absolute Gasteiger partial charge is 0.213 e. The van der Waals surface area contributed by atoms with Crippen LogP contribution in [0.15, 0.2) is 18.3 Å². The fourth-order valence-corrected chi connectivity index (χ4v) is 1.79. The zero-order valence-corrected chi connectivity index (χ0v) is 10.6. The standard InChI is InChI=1S/C14H22N2O/c1-2-7-15-11-13-5-8-16-14(10-13)17-9-6-12-3-4-12/h5,8,10,12,15H,2-4,6-7,9,11H2,1H3. The van der Waals surface area contributed by atoms with Crippen molar-refractivity contribution in [2.24, 2.45) is 5.92 Å². The molecule has 1 fully saturated rings. The normalized spacial score (nSPS) is 14.9. The first-order chi connectivity index (χ1) is 8.38. The van der Waals surface area contributed by atoms with E-state index in [1.165, 1.54) is 24.8 Å². The molecule has 0 unspecified atom stereocenters. The van der Waals surface area contributed by atoms with Crippen LogP contribution in [0.1, 0.15) is 38.2 Å². The Morgan fingerprint density at radius 3 is 3.12 bits per heavy atom. The van der Waals surface area contributed by atoms with E-state index in [0.717, 1.165) is 37.9 Å². The van der Waals surface area contributed by atoms with E-state index in [1.54, 1.807) is 0 Å². The van der Waals surface area contributed by atoms with Crippen molar-refractivity contribution >= 4 is 0 Å². The van der Waals surface area contributed by atoms with E-state index < -0.39 is 0 Å². The summed E-state index contributed by atoms with van der Waals surface area (Å²) in [6.07, 6.45) is 6.95. The van der Waals surface area contributed by atoms with Crippen LogP contribution in [0.3, 0.4) is 0 Å². The Morgan fingerprint density at radius 2 is 2.35 bits per heavy atom. The van der Waals surface area contributed by atoms with Gasteiger partial charge < -0.3 is 10.1 Å². The van der Waals surface area contributed by atoms with Gasteiger partial charge in [-0.2, -0.15) is 0 Å². The van der Waals surface area contributed by atoms with E-state index in [-0.39, 0.29) is 0 Å². The van der Waals surface area contributed by atoms with E-state index in [4.69, 9.17) is 4.74 Å². The first kappa shape index (κ1) is 12.4. The molecule has 0 aromatic carbocycles. The predicted octanol–water partition coefficient (Wildman–Crippen LogP) is 2.76. The summed E-state index contributed by atoms with van der Waals surface area (Å²) in [7, 11) is 0. The highest BCUT2D eigenvalue weighted by Crippen LogP contribution is 2.32. The highest BCUT2D eigenvalue weighted by molar-refractivity contribution is 5.20. The summed E-state index contributed by atoms with van der Waals surface area (Å²) in [5, 5.41) is 3.38. The van der Waals surface area contributed by atoms with Crippen molar-refractivity contribution in [3.05, 3.63) is 23.9 Å². The third-order valence-corrected chi connectivity index (χ3v) is 3.03. The molecule has 1 aromatic heterocycles. The summed E-state index contributed by atoms with van der Waals surface area (Å²) >= 11 is 0. The van der Waals surface area contributed by atoms with Gasteiger partial charge in [-0.1, -0.05) is 19.8 Å². The second-order valence-electron chi connectivity index (χ2n) is 4.76. The average Bonchev–Trinajstić information content (AvgIpc) is 3.14. The van der Waals surface area contributed by atoms with Gasteiger partial charge in [0.2, 0.25) is 5.88 Å². The quantitative estimate of drug-likeness (QED) is 0.702. The van der Waals surface area contributed by atoms with E-state index in [2.05, 4.69) is 17.2 Å². The first-order valence-corrected chi connectivity index (χ1v) is 6.67. The lowest BCUT2D eigenvalue weighted by molar-refractivity contribution is 0.291. The van der Waals surface area contributed by atoms with Crippen LogP contribution >= 0.6 is 0 Å². The molecular formula is C14H22N2O. The van der Waals surface area contributed by atoms with Crippen LogP contribution in [0.5, 0.6) is 5.88 Å². The molecule has 0 aliphatic heterocycles. The molecule has 1 N–H and O–H groups in total. The molecule has 1 heterocycles. The second kappa shape index (κ2) is 6.60. The molecule has 0 spiro atoms. The van der Waals surface area contributed by atoms with Crippen molar-refractivity contribution in [3.63, 3.8) is 0 Å². The van der Waals surface area contributed by atoms with Crippen molar-refractivity contribution in [2.75, 3.05) is 13.2 Å². The molecule has 0 radical (unpaired) electrons. The fraction of sp³-hybridized carbons (Fsp3) is 0.643. The van der Waals surface area contributed by atoms with Crippen molar-refractivity contribution in [3.8, 4) is 5.88 Å². The van der Waals surface area contributed by atoms with Gasteiger partial charge in [0.25, 0.3) is 0 Å². The Kier molecular flexibility index (Phi) is 4.80. The maximum Gasteiger partial charge on any atom is 0.213 e. The third-order valence-electron chi connectivity index (χ3n) is 3.03. The highest BCUT2D eigenvalue weighted by Gasteiger charge is 2.20. The maximum atomic E-state index is 5.66. The van der Waals surface area contributed by atoms with Crippen LogP contribution in [0, 0.1) is 5.92 Å². The molecule has 0 atom stereocenters. The van der Waals surface area contributed by atoms with Crippen molar-refractivity contribution in [1.82, 2.24) is 10.3 Å². The first-order valence-electron chi connectivity index (χ1n) is 6.67. The molecule has 2 rings (SSSR count). The Labute approximate surface area is 104 Å².